The summed E-state index contributed by atoms with van der Waals surface area (Å²) in [4.78, 5) is 2.72. The molecular weight excluding hydrogens is 218 g/mol. The molecule has 0 aromatic heterocycles. The van der Waals surface area contributed by atoms with E-state index < -0.39 is 0 Å². The minimum absolute atomic E-state index is 0.665. The number of hydrogen-bond donors (Lipinski definition) is 0. The lowest BCUT2D eigenvalue weighted by Crippen LogP contribution is -2.33. The normalized spacial score (nSPS) is 18.7. The molecule has 0 N–H and O–H groups in total. The Labute approximate surface area is 112 Å². The van der Waals surface area contributed by atoms with E-state index in [1.54, 1.807) is 0 Å². The van der Waals surface area contributed by atoms with Gasteiger partial charge in [0.2, 0.25) is 0 Å². The average molecular weight is 245 g/mol. The van der Waals surface area contributed by atoms with Crippen molar-refractivity contribution in [2.45, 2.75) is 57.9 Å². The molecule has 1 aromatic carbocycles. The van der Waals surface area contributed by atoms with E-state index in [9.17, 15) is 0 Å². The van der Waals surface area contributed by atoms with Crippen LogP contribution in [0, 0.1) is 0 Å². The molecule has 1 aromatic rings. The molecule has 1 saturated heterocycles. The molecule has 0 radical (unpaired) electrons. The van der Waals surface area contributed by atoms with E-state index in [4.69, 9.17) is 0 Å². The van der Waals surface area contributed by atoms with E-state index >= 15 is 0 Å². The van der Waals surface area contributed by atoms with Crippen LogP contribution in [0.25, 0.3) is 0 Å². The fourth-order valence-corrected chi connectivity index (χ4v) is 3.05. The summed E-state index contributed by atoms with van der Waals surface area (Å²) in [6, 6.07) is 11.8. The van der Waals surface area contributed by atoms with E-state index in [0.29, 0.717) is 6.04 Å². The lowest BCUT2D eigenvalue weighted by Gasteiger charge is -2.35. The lowest BCUT2D eigenvalue weighted by molar-refractivity contribution is 0.153. The summed E-state index contributed by atoms with van der Waals surface area (Å²) in [6.45, 7) is 4.88. The van der Waals surface area contributed by atoms with Gasteiger partial charge in [-0.05, 0) is 37.9 Å². The largest absolute Gasteiger partial charge is 0.296 e. The molecule has 0 amide bonds. The van der Waals surface area contributed by atoms with Crippen LogP contribution in [0.5, 0.6) is 0 Å². The van der Waals surface area contributed by atoms with Gasteiger partial charge in [0.1, 0.15) is 0 Å². The predicted octanol–water partition coefficient (Wildman–Crippen LogP) is 4.79. The molecule has 18 heavy (non-hydrogen) atoms. The summed E-state index contributed by atoms with van der Waals surface area (Å²) in [7, 11) is 0. The third-order valence-electron chi connectivity index (χ3n) is 4.10. The maximum atomic E-state index is 2.72. The summed E-state index contributed by atoms with van der Waals surface area (Å²) in [5.74, 6) is 0. The van der Waals surface area contributed by atoms with Crippen LogP contribution < -0.4 is 0 Å². The Morgan fingerprint density at radius 2 is 1.72 bits per heavy atom. The first-order valence-corrected chi connectivity index (χ1v) is 7.71. The average Bonchev–Trinajstić information content (AvgIpc) is 2.46. The second kappa shape index (κ2) is 7.58. The van der Waals surface area contributed by atoms with Crippen molar-refractivity contribution in [3.05, 3.63) is 35.9 Å². The zero-order chi connectivity index (χ0) is 12.6. The molecule has 0 aliphatic carbocycles. The minimum atomic E-state index is 0.665. The number of piperidine rings is 1. The summed E-state index contributed by atoms with van der Waals surface area (Å²) in [5, 5.41) is 0. The number of hydrogen-bond acceptors (Lipinski definition) is 1. The third-order valence-corrected chi connectivity index (χ3v) is 4.10. The highest BCUT2D eigenvalue weighted by Gasteiger charge is 2.21. The first-order valence-electron chi connectivity index (χ1n) is 7.71. The monoisotopic (exact) mass is 245 g/mol. The van der Waals surface area contributed by atoms with Gasteiger partial charge in [-0.25, -0.2) is 0 Å². The van der Waals surface area contributed by atoms with Gasteiger partial charge >= 0.3 is 0 Å². The summed E-state index contributed by atoms with van der Waals surface area (Å²) in [6.07, 6.45) is 9.59. The van der Waals surface area contributed by atoms with Crippen LogP contribution in [-0.2, 0) is 0 Å². The number of rotatable bonds is 6. The number of nitrogens with zero attached hydrogens (tertiary/aromatic N) is 1. The highest BCUT2D eigenvalue weighted by Crippen LogP contribution is 2.29. The molecule has 2 rings (SSSR count). The smallest absolute Gasteiger partial charge is 0.0348 e. The van der Waals surface area contributed by atoms with E-state index in [2.05, 4.69) is 42.2 Å². The molecule has 0 saturated carbocycles. The Balaban J connectivity index is 2.01. The van der Waals surface area contributed by atoms with E-state index in [-0.39, 0.29) is 0 Å². The van der Waals surface area contributed by atoms with Crippen molar-refractivity contribution in [3.63, 3.8) is 0 Å². The second-order valence-corrected chi connectivity index (χ2v) is 5.52. The van der Waals surface area contributed by atoms with Crippen LogP contribution in [0.15, 0.2) is 30.3 Å². The van der Waals surface area contributed by atoms with Gasteiger partial charge in [-0.2, -0.15) is 0 Å². The van der Waals surface area contributed by atoms with Gasteiger partial charge in [0.15, 0.2) is 0 Å². The van der Waals surface area contributed by atoms with Crippen LogP contribution in [0.1, 0.15) is 63.5 Å². The van der Waals surface area contributed by atoms with Crippen molar-refractivity contribution < 1.29 is 0 Å². The molecule has 0 spiro atoms. The minimum Gasteiger partial charge on any atom is -0.296 e. The molecule has 100 valence electrons. The molecule has 1 heteroatoms. The molecule has 0 bridgehead atoms. The Morgan fingerprint density at radius 3 is 2.39 bits per heavy atom. The maximum absolute atomic E-state index is 2.72. The van der Waals surface area contributed by atoms with Crippen LogP contribution in [0.4, 0.5) is 0 Å². The number of benzene rings is 1. The highest BCUT2D eigenvalue weighted by molar-refractivity contribution is 5.19. The molecular formula is C17H27N. The van der Waals surface area contributed by atoms with Gasteiger partial charge in [-0.1, -0.05) is 62.9 Å². The fourth-order valence-electron chi connectivity index (χ4n) is 3.05. The Kier molecular flexibility index (Phi) is 5.73. The summed E-state index contributed by atoms with van der Waals surface area (Å²) >= 11 is 0. The van der Waals surface area contributed by atoms with Crippen molar-refractivity contribution in [3.8, 4) is 0 Å². The van der Waals surface area contributed by atoms with Gasteiger partial charge in [-0.3, -0.25) is 4.90 Å². The fraction of sp³-hybridized carbons (Fsp3) is 0.647. The third kappa shape index (κ3) is 3.84. The molecule has 1 heterocycles. The number of unbranched alkanes of at least 4 members (excludes halogenated alkanes) is 2. The van der Waals surface area contributed by atoms with Gasteiger partial charge in [0, 0.05) is 6.04 Å². The number of likely N-dealkylation sites (tertiary alicyclic amines) is 1. The maximum Gasteiger partial charge on any atom is 0.0348 e. The van der Waals surface area contributed by atoms with Gasteiger partial charge in [-0.15, -0.1) is 0 Å². The summed E-state index contributed by atoms with van der Waals surface area (Å²) < 4.78 is 0. The van der Waals surface area contributed by atoms with E-state index in [0.717, 1.165) is 0 Å². The zero-order valence-electron chi connectivity index (χ0n) is 11.8. The second-order valence-electron chi connectivity index (χ2n) is 5.52. The first-order chi connectivity index (χ1) is 8.92. The predicted molar refractivity (Wildman–Crippen MR) is 78.7 cm³/mol. The van der Waals surface area contributed by atoms with Crippen LogP contribution >= 0.6 is 0 Å². The molecule has 1 nitrogen and oxygen atoms in total. The van der Waals surface area contributed by atoms with Crippen LogP contribution in [0.2, 0.25) is 0 Å². The lowest BCUT2D eigenvalue weighted by atomic mass is 9.96. The van der Waals surface area contributed by atoms with E-state index in [1.165, 1.54) is 63.6 Å². The topological polar surface area (TPSA) is 3.24 Å². The Morgan fingerprint density at radius 1 is 1.00 bits per heavy atom. The molecule has 1 fully saturated rings. The van der Waals surface area contributed by atoms with Crippen LogP contribution in [0.3, 0.4) is 0 Å². The SMILES string of the molecule is CCCCCC(c1ccccc1)N1CCCCC1. The first kappa shape index (κ1) is 13.6. The van der Waals surface area contributed by atoms with Gasteiger partial charge in [0.25, 0.3) is 0 Å². The zero-order valence-corrected chi connectivity index (χ0v) is 11.8. The molecule has 1 aliphatic rings. The van der Waals surface area contributed by atoms with Crippen molar-refractivity contribution >= 4 is 0 Å². The molecule has 1 unspecified atom stereocenters. The van der Waals surface area contributed by atoms with Crippen molar-refractivity contribution in [1.29, 1.82) is 0 Å². The Bertz CT molecular complexity index is 314. The molecule has 1 atom stereocenters. The van der Waals surface area contributed by atoms with Crippen molar-refractivity contribution in [2.24, 2.45) is 0 Å². The van der Waals surface area contributed by atoms with Crippen molar-refractivity contribution in [2.75, 3.05) is 13.1 Å². The van der Waals surface area contributed by atoms with Gasteiger partial charge < -0.3 is 0 Å². The summed E-state index contributed by atoms with van der Waals surface area (Å²) in [5.41, 5.74) is 1.52. The Hall–Kier alpha value is -0.820. The highest BCUT2D eigenvalue weighted by atomic mass is 15.2. The van der Waals surface area contributed by atoms with Gasteiger partial charge in [0.05, 0.1) is 0 Å². The quantitative estimate of drug-likeness (QED) is 0.651. The van der Waals surface area contributed by atoms with Crippen molar-refractivity contribution in [1.82, 2.24) is 4.90 Å². The molecule has 1 aliphatic heterocycles. The standard InChI is InChI=1S/C17H27N/c1-2-3-6-13-17(16-11-7-4-8-12-16)18-14-9-5-10-15-18/h4,7-8,11-12,17H,2-3,5-6,9-10,13-15H2,1H3. The van der Waals surface area contributed by atoms with Crippen LogP contribution in [-0.4, -0.2) is 18.0 Å². The van der Waals surface area contributed by atoms with E-state index in [1.807, 2.05) is 0 Å².